The molecular weight excluding hydrogens is 273 g/mol. The zero-order chi connectivity index (χ0) is 13.9. The van der Waals surface area contributed by atoms with Crippen LogP contribution in [0.3, 0.4) is 0 Å². The van der Waals surface area contributed by atoms with Crippen LogP contribution in [0.25, 0.3) is 0 Å². The maximum Gasteiger partial charge on any atom is 0.328 e. The molecule has 0 fully saturated rings. The van der Waals surface area contributed by atoms with Crippen LogP contribution < -0.4 is 5.32 Å². The molecule has 18 heavy (non-hydrogen) atoms. The monoisotopic (exact) mass is 289 g/mol. The predicted molar refractivity (Wildman–Crippen MR) is 74.3 cm³/mol. The van der Waals surface area contributed by atoms with Gasteiger partial charge in [0.05, 0.1) is 10.0 Å². The van der Waals surface area contributed by atoms with Crippen molar-refractivity contribution in [2.75, 3.05) is 6.54 Å². The second-order valence-electron chi connectivity index (χ2n) is 4.83. The fraction of sp³-hybridized carbons (Fsp3) is 0.462. The molecule has 0 saturated carbocycles. The van der Waals surface area contributed by atoms with Crippen molar-refractivity contribution >= 4 is 29.2 Å². The maximum atomic E-state index is 11.5. The first-order valence-corrected chi connectivity index (χ1v) is 6.47. The quantitative estimate of drug-likeness (QED) is 0.872. The van der Waals surface area contributed by atoms with Crippen LogP contribution >= 0.6 is 23.2 Å². The van der Waals surface area contributed by atoms with Gasteiger partial charge in [-0.2, -0.15) is 0 Å². The second-order valence-corrected chi connectivity index (χ2v) is 5.65. The Morgan fingerprint density at radius 1 is 1.39 bits per heavy atom. The van der Waals surface area contributed by atoms with Gasteiger partial charge in [0.1, 0.15) is 5.54 Å². The Balaban J connectivity index is 3.10. The van der Waals surface area contributed by atoms with Crippen molar-refractivity contribution in [2.24, 2.45) is 5.92 Å². The van der Waals surface area contributed by atoms with Crippen molar-refractivity contribution in [3.63, 3.8) is 0 Å². The highest BCUT2D eigenvalue weighted by molar-refractivity contribution is 6.42. The van der Waals surface area contributed by atoms with Crippen molar-refractivity contribution in [2.45, 2.75) is 26.3 Å². The minimum absolute atomic E-state index is 0.353. The minimum atomic E-state index is -1.17. The molecule has 1 aromatic rings. The van der Waals surface area contributed by atoms with Crippen LogP contribution in [-0.2, 0) is 10.3 Å². The summed E-state index contributed by atoms with van der Waals surface area (Å²) in [4.78, 5) is 11.5. The van der Waals surface area contributed by atoms with E-state index in [1.807, 2.05) is 13.8 Å². The fourth-order valence-corrected chi connectivity index (χ4v) is 1.81. The van der Waals surface area contributed by atoms with E-state index in [-0.39, 0.29) is 0 Å². The molecule has 1 atom stereocenters. The van der Waals surface area contributed by atoms with E-state index in [0.29, 0.717) is 28.1 Å². The van der Waals surface area contributed by atoms with Gasteiger partial charge in [-0.1, -0.05) is 43.1 Å². The molecule has 0 bridgehead atoms. The van der Waals surface area contributed by atoms with Crippen LogP contribution in [-0.4, -0.2) is 17.6 Å². The summed E-state index contributed by atoms with van der Waals surface area (Å²) in [6, 6.07) is 4.87. The smallest absolute Gasteiger partial charge is 0.328 e. The third kappa shape index (κ3) is 3.37. The average Bonchev–Trinajstić information content (AvgIpc) is 2.29. The van der Waals surface area contributed by atoms with Crippen molar-refractivity contribution in [1.29, 1.82) is 0 Å². The van der Waals surface area contributed by atoms with E-state index >= 15 is 0 Å². The zero-order valence-corrected chi connectivity index (χ0v) is 12.1. The molecule has 0 aliphatic carbocycles. The molecule has 5 heteroatoms. The van der Waals surface area contributed by atoms with Crippen LogP contribution in [0, 0.1) is 5.92 Å². The first-order valence-electron chi connectivity index (χ1n) is 5.71. The topological polar surface area (TPSA) is 49.3 Å². The van der Waals surface area contributed by atoms with Crippen LogP contribution in [0.4, 0.5) is 0 Å². The van der Waals surface area contributed by atoms with E-state index in [1.54, 1.807) is 25.1 Å². The van der Waals surface area contributed by atoms with E-state index in [0.717, 1.165) is 0 Å². The molecule has 0 aliphatic heterocycles. The summed E-state index contributed by atoms with van der Waals surface area (Å²) in [5.41, 5.74) is -0.580. The first-order chi connectivity index (χ1) is 8.27. The molecule has 0 aromatic heterocycles. The number of aliphatic carboxylic acids is 1. The van der Waals surface area contributed by atoms with Gasteiger partial charge in [-0.15, -0.1) is 0 Å². The third-order valence-corrected chi connectivity index (χ3v) is 3.53. The first kappa shape index (κ1) is 15.3. The van der Waals surface area contributed by atoms with E-state index in [2.05, 4.69) is 5.32 Å². The number of benzene rings is 1. The summed E-state index contributed by atoms with van der Waals surface area (Å²) >= 11 is 11.8. The molecule has 1 unspecified atom stereocenters. The van der Waals surface area contributed by atoms with Gasteiger partial charge in [0.25, 0.3) is 0 Å². The molecule has 0 amide bonds. The molecule has 0 heterocycles. The summed E-state index contributed by atoms with van der Waals surface area (Å²) in [6.07, 6.45) is 0. The molecule has 100 valence electrons. The number of nitrogens with one attached hydrogen (secondary N) is 1. The summed E-state index contributed by atoms with van der Waals surface area (Å²) in [5, 5.41) is 13.2. The van der Waals surface area contributed by atoms with Crippen molar-refractivity contribution in [1.82, 2.24) is 5.32 Å². The van der Waals surface area contributed by atoms with Gasteiger partial charge in [-0.25, -0.2) is 4.79 Å². The minimum Gasteiger partial charge on any atom is -0.480 e. The van der Waals surface area contributed by atoms with Gasteiger partial charge in [0.15, 0.2) is 0 Å². The molecule has 1 rings (SSSR count). The molecular formula is C13H17Cl2NO2. The van der Waals surface area contributed by atoms with Crippen LogP contribution in [0.5, 0.6) is 0 Å². The number of hydrogen-bond donors (Lipinski definition) is 2. The van der Waals surface area contributed by atoms with Crippen LogP contribution in [0.2, 0.25) is 10.0 Å². The van der Waals surface area contributed by atoms with Crippen molar-refractivity contribution < 1.29 is 9.90 Å². The second kappa shape index (κ2) is 5.91. The van der Waals surface area contributed by atoms with Gasteiger partial charge in [0.2, 0.25) is 0 Å². The van der Waals surface area contributed by atoms with Crippen molar-refractivity contribution in [3.8, 4) is 0 Å². The fourth-order valence-electron chi connectivity index (χ4n) is 1.52. The Kier molecular flexibility index (Phi) is 5.02. The van der Waals surface area contributed by atoms with Gasteiger partial charge in [-0.05, 0) is 37.1 Å². The normalized spacial score (nSPS) is 14.6. The van der Waals surface area contributed by atoms with Crippen molar-refractivity contribution in [3.05, 3.63) is 33.8 Å². The van der Waals surface area contributed by atoms with Crippen LogP contribution in [0.15, 0.2) is 18.2 Å². The largest absolute Gasteiger partial charge is 0.480 e. The Bertz CT molecular complexity index is 449. The lowest BCUT2D eigenvalue weighted by molar-refractivity contribution is -0.144. The lowest BCUT2D eigenvalue weighted by atomic mass is 9.91. The number of carboxylic acid groups (broad SMARTS) is 1. The highest BCUT2D eigenvalue weighted by atomic mass is 35.5. The summed E-state index contributed by atoms with van der Waals surface area (Å²) in [6.45, 7) is 6.26. The number of carbonyl (C=O) groups is 1. The lowest BCUT2D eigenvalue weighted by Gasteiger charge is -2.28. The molecule has 3 nitrogen and oxygen atoms in total. The molecule has 0 radical (unpaired) electrons. The number of carboxylic acids is 1. The maximum absolute atomic E-state index is 11.5. The SMILES string of the molecule is CC(C)CNC(C)(C(=O)O)c1ccc(Cl)c(Cl)c1. The highest BCUT2D eigenvalue weighted by Crippen LogP contribution is 2.29. The Morgan fingerprint density at radius 2 is 2.00 bits per heavy atom. The molecule has 0 saturated heterocycles. The van der Waals surface area contributed by atoms with Gasteiger partial charge >= 0.3 is 5.97 Å². The van der Waals surface area contributed by atoms with E-state index < -0.39 is 11.5 Å². The molecule has 0 spiro atoms. The summed E-state index contributed by atoms with van der Waals surface area (Å²) in [7, 11) is 0. The summed E-state index contributed by atoms with van der Waals surface area (Å²) < 4.78 is 0. The Morgan fingerprint density at radius 3 is 2.44 bits per heavy atom. The molecule has 0 aliphatic rings. The number of rotatable bonds is 5. The van der Waals surface area contributed by atoms with E-state index in [4.69, 9.17) is 23.2 Å². The standard InChI is InChI=1S/C13H17Cl2NO2/c1-8(2)7-16-13(3,12(17)18)9-4-5-10(14)11(15)6-9/h4-6,8,16H,7H2,1-3H3,(H,17,18). The van der Waals surface area contributed by atoms with Crippen LogP contribution in [0.1, 0.15) is 26.3 Å². The molecule has 1 aromatic carbocycles. The third-order valence-electron chi connectivity index (χ3n) is 2.79. The van der Waals surface area contributed by atoms with E-state index in [1.165, 1.54) is 0 Å². The van der Waals surface area contributed by atoms with E-state index in [9.17, 15) is 9.90 Å². The number of halogens is 2. The zero-order valence-electron chi connectivity index (χ0n) is 10.6. The van der Waals surface area contributed by atoms with Gasteiger partial charge in [0, 0.05) is 0 Å². The summed E-state index contributed by atoms with van der Waals surface area (Å²) in [5.74, 6) is -0.590. The lowest BCUT2D eigenvalue weighted by Crippen LogP contribution is -2.48. The Hall–Kier alpha value is -0.770. The van der Waals surface area contributed by atoms with Gasteiger partial charge < -0.3 is 5.11 Å². The predicted octanol–water partition coefficient (Wildman–Crippen LogP) is 3.54. The molecule has 2 N–H and O–H groups in total. The number of hydrogen-bond acceptors (Lipinski definition) is 2. The average molecular weight is 290 g/mol. The van der Waals surface area contributed by atoms with Gasteiger partial charge in [-0.3, -0.25) is 5.32 Å². The highest BCUT2D eigenvalue weighted by Gasteiger charge is 2.35. The Labute approximate surface area is 117 Å².